The molecule has 0 radical (unpaired) electrons. The third-order valence-electron chi connectivity index (χ3n) is 5.69. The molecule has 4 aliphatic heterocycles. The van der Waals surface area contributed by atoms with Crippen LogP contribution in [0, 0.1) is 0 Å². The minimum atomic E-state index is -0.586. The molecule has 2 atom stereocenters. The first-order valence-corrected chi connectivity index (χ1v) is 9.03. The van der Waals surface area contributed by atoms with Crippen molar-refractivity contribution in [3.63, 3.8) is 0 Å². The van der Waals surface area contributed by atoms with Gasteiger partial charge in [0.15, 0.2) is 0 Å². The van der Waals surface area contributed by atoms with Crippen LogP contribution in [-0.2, 0) is 16.1 Å². The minimum absolute atomic E-state index is 0.164. The molecule has 3 amide bonds. The van der Waals surface area contributed by atoms with E-state index in [0.717, 1.165) is 36.6 Å². The maximum atomic E-state index is 12.9. The van der Waals surface area contributed by atoms with Crippen molar-refractivity contribution in [1.82, 2.24) is 15.5 Å². The molecule has 0 aliphatic carbocycles. The van der Waals surface area contributed by atoms with Crippen LogP contribution >= 0.6 is 0 Å². The predicted octanol–water partition coefficient (Wildman–Crippen LogP) is -0.382. The first-order chi connectivity index (χ1) is 12.6. The van der Waals surface area contributed by atoms with Crippen molar-refractivity contribution in [3.05, 3.63) is 23.3 Å². The molecule has 26 heavy (non-hydrogen) atoms. The summed E-state index contributed by atoms with van der Waals surface area (Å²) in [6.45, 7) is 3.71. The number of piperazine rings is 1. The lowest BCUT2D eigenvalue weighted by Gasteiger charge is -2.42. The molecule has 0 saturated carbocycles. The largest absolute Gasteiger partial charge is 0.489 e. The Kier molecular flexibility index (Phi) is 3.43. The lowest BCUT2D eigenvalue weighted by atomic mass is 10.0. The van der Waals surface area contributed by atoms with E-state index in [2.05, 4.69) is 15.5 Å². The van der Waals surface area contributed by atoms with Crippen molar-refractivity contribution >= 4 is 23.4 Å². The lowest BCUT2D eigenvalue weighted by Crippen LogP contribution is -2.55. The minimum Gasteiger partial charge on any atom is -0.489 e. The number of hydrogen-bond acceptors (Lipinski definition) is 6. The Balaban J connectivity index is 1.46. The number of hydrogen-bond donors (Lipinski definition) is 2. The zero-order valence-electron chi connectivity index (χ0n) is 14.3. The summed E-state index contributed by atoms with van der Waals surface area (Å²) in [6.07, 6.45) is 0.638. The lowest BCUT2D eigenvalue weighted by molar-refractivity contribution is -0.136. The number of amides is 3. The first-order valence-electron chi connectivity index (χ1n) is 9.03. The second kappa shape index (κ2) is 5.70. The maximum Gasteiger partial charge on any atom is 0.255 e. The van der Waals surface area contributed by atoms with Gasteiger partial charge in [0.1, 0.15) is 18.4 Å². The zero-order chi connectivity index (χ0) is 17.8. The maximum absolute atomic E-state index is 12.9. The number of rotatable bonds is 1. The Morgan fingerprint density at radius 3 is 2.88 bits per heavy atom. The van der Waals surface area contributed by atoms with Gasteiger partial charge in [-0.25, -0.2) is 0 Å². The van der Waals surface area contributed by atoms with Gasteiger partial charge < -0.3 is 19.9 Å². The molecule has 0 spiro atoms. The molecule has 4 aliphatic rings. The number of imide groups is 1. The fraction of sp³-hybridized carbons (Fsp3) is 0.500. The summed E-state index contributed by atoms with van der Waals surface area (Å²) in [5.74, 6) is -0.0849. The van der Waals surface area contributed by atoms with Gasteiger partial charge in [-0.3, -0.25) is 19.7 Å². The van der Waals surface area contributed by atoms with Gasteiger partial charge in [-0.2, -0.15) is 0 Å². The van der Waals surface area contributed by atoms with Gasteiger partial charge in [-0.1, -0.05) is 0 Å². The van der Waals surface area contributed by atoms with E-state index in [1.807, 2.05) is 12.1 Å². The molecule has 2 N–H and O–H groups in total. The average Bonchev–Trinajstić information content (AvgIpc) is 2.96. The van der Waals surface area contributed by atoms with Gasteiger partial charge >= 0.3 is 0 Å². The van der Waals surface area contributed by atoms with Crippen LogP contribution in [0.1, 0.15) is 28.8 Å². The Morgan fingerprint density at radius 1 is 1.15 bits per heavy atom. The highest BCUT2D eigenvalue weighted by Crippen LogP contribution is 2.40. The smallest absolute Gasteiger partial charge is 0.255 e. The van der Waals surface area contributed by atoms with Crippen molar-refractivity contribution in [2.24, 2.45) is 0 Å². The third kappa shape index (κ3) is 2.28. The summed E-state index contributed by atoms with van der Waals surface area (Å²) in [6, 6.07) is 3.57. The third-order valence-corrected chi connectivity index (χ3v) is 5.69. The highest BCUT2D eigenvalue weighted by atomic mass is 16.5. The zero-order valence-corrected chi connectivity index (χ0v) is 14.3. The van der Waals surface area contributed by atoms with Crippen LogP contribution in [-0.4, -0.2) is 60.9 Å². The van der Waals surface area contributed by atoms with Crippen LogP contribution in [0.2, 0.25) is 0 Å². The number of benzene rings is 1. The van der Waals surface area contributed by atoms with E-state index in [4.69, 9.17) is 4.74 Å². The summed E-state index contributed by atoms with van der Waals surface area (Å²) in [5, 5.41) is 5.71. The monoisotopic (exact) mass is 356 g/mol. The summed E-state index contributed by atoms with van der Waals surface area (Å²) < 4.78 is 5.91. The molecule has 136 valence electrons. The Labute approximate surface area is 150 Å². The van der Waals surface area contributed by atoms with E-state index in [1.165, 1.54) is 0 Å². The molecule has 8 heteroatoms. The summed E-state index contributed by atoms with van der Waals surface area (Å²) >= 11 is 0. The molecule has 0 unspecified atom stereocenters. The molecule has 8 nitrogen and oxygen atoms in total. The van der Waals surface area contributed by atoms with E-state index in [-0.39, 0.29) is 24.1 Å². The molecule has 0 aromatic heterocycles. The van der Waals surface area contributed by atoms with Crippen molar-refractivity contribution in [3.8, 4) is 5.75 Å². The summed E-state index contributed by atoms with van der Waals surface area (Å²) in [5.41, 5.74) is 2.54. The number of piperidine rings is 1. The number of fused-ring (bicyclic) bond motifs is 4. The second-order valence-electron chi connectivity index (χ2n) is 7.24. The van der Waals surface area contributed by atoms with Crippen LogP contribution in [0.3, 0.4) is 0 Å². The summed E-state index contributed by atoms with van der Waals surface area (Å²) in [4.78, 5) is 40.3. The van der Waals surface area contributed by atoms with Gasteiger partial charge in [0.25, 0.3) is 5.91 Å². The van der Waals surface area contributed by atoms with E-state index in [0.29, 0.717) is 31.2 Å². The SMILES string of the molecule is O=C1CC[C@@H](N2Cc3cc4c(cc3C2=O)OC[C@H]2CNCCN42)C(=O)N1. The Hall–Kier alpha value is -2.61. The molecule has 2 saturated heterocycles. The molecule has 5 rings (SSSR count). The van der Waals surface area contributed by atoms with Crippen LogP contribution in [0.4, 0.5) is 5.69 Å². The van der Waals surface area contributed by atoms with Crippen LogP contribution in [0.25, 0.3) is 0 Å². The van der Waals surface area contributed by atoms with E-state index in [9.17, 15) is 14.4 Å². The Morgan fingerprint density at radius 2 is 2.04 bits per heavy atom. The molecule has 2 fully saturated rings. The van der Waals surface area contributed by atoms with Crippen molar-refractivity contribution < 1.29 is 19.1 Å². The van der Waals surface area contributed by atoms with Gasteiger partial charge in [0.2, 0.25) is 11.8 Å². The van der Waals surface area contributed by atoms with E-state index in [1.54, 1.807) is 4.90 Å². The number of nitrogens with one attached hydrogen (secondary N) is 2. The van der Waals surface area contributed by atoms with Crippen molar-refractivity contribution in [1.29, 1.82) is 0 Å². The predicted molar refractivity (Wildman–Crippen MR) is 92.0 cm³/mol. The normalized spacial score (nSPS) is 27.5. The first kappa shape index (κ1) is 15.6. The Bertz CT molecular complexity index is 824. The second-order valence-corrected chi connectivity index (χ2v) is 7.24. The van der Waals surface area contributed by atoms with Gasteiger partial charge in [-0.15, -0.1) is 0 Å². The standard InChI is InChI=1S/C18H20N4O4/c23-16-2-1-13(17(24)20-16)22-8-10-5-14-15(6-12(10)18(22)25)26-9-11-7-19-3-4-21(11)14/h5-6,11,13,19H,1-4,7-9H2,(H,20,23,24)/t11-,13-/m1/s1. The number of carbonyl (C=O) groups excluding carboxylic acids is 3. The number of nitrogens with zero attached hydrogens (tertiary/aromatic N) is 2. The van der Waals surface area contributed by atoms with E-state index >= 15 is 0 Å². The topological polar surface area (TPSA) is 91.0 Å². The van der Waals surface area contributed by atoms with Crippen LogP contribution in [0.5, 0.6) is 5.75 Å². The fourth-order valence-corrected chi connectivity index (χ4v) is 4.34. The number of anilines is 1. The summed E-state index contributed by atoms with van der Waals surface area (Å²) in [7, 11) is 0. The van der Waals surface area contributed by atoms with Gasteiger partial charge in [-0.05, 0) is 24.1 Å². The van der Waals surface area contributed by atoms with Gasteiger partial charge in [0.05, 0.1) is 11.7 Å². The highest BCUT2D eigenvalue weighted by molar-refractivity contribution is 6.05. The van der Waals surface area contributed by atoms with Crippen LogP contribution < -0.4 is 20.3 Å². The van der Waals surface area contributed by atoms with Crippen molar-refractivity contribution in [2.45, 2.75) is 31.5 Å². The molecule has 1 aromatic rings. The number of carbonyl (C=O) groups is 3. The quantitative estimate of drug-likeness (QED) is 0.667. The van der Waals surface area contributed by atoms with Crippen LogP contribution in [0.15, 0.2) is 12.1 Å². The fourth-order valence-electron chi connectivity index (χ4n) is 4.34. The van der Waals surface area contributed by atoms with E-state index < -0.39 is 6.04 Å². The van der Waals surface area contributed by atoms with Gasteiger partial charge in [0, 0.05) is 38.2 Å². The highest BCUT2D eigenvalue weighted by Gasteiger charge is 2.40. The molecule has 4 heterocycles. The average molecular weight is 356 g/mol. The number of ether oxygens (including phenoxy) is 1. The molecular weight excluding hydrogens is 336 g/mol. The molecular formula is C18H20N4O4. The molecule has 1 aromatic carbocycles. The van der Waals surface area contributed by atoms with Crippen molar-refractivity contribution in [2.75, 3.05) is 31.1 Å². The molecule has 0 bridgehead atoms.